The number of hydrogen-bond acceptors (Lipinski definition) is 7. The molecule has 9 nitrogen and oxygen atoms in total. The van der Waals surface area contributed by atoms with Crippen molar-refractivity contribution in [3.05, 3.63) is 45.8 Å². The number of benzene rings is 1. The number of rotatable bonds is 9. The predicted octanol–water partition coefficient (Wildman–Crippen LogP) is 4.52. The van der Waals surface area contributed by atoms with Crippen molar-refractivity contribution in [2.45, 2.75) is 42.6 Å². The molecule has 37 heavy (non-hydrogen) atoms. The fraction of sp³-hybridized carbons (Fsp3) is 0.462. The highest BCUT2D eigenvalue weighted by Gasteiger charge is 2.23. The Kier molecular flexibility index (Phi) is 8.04. The SMILES string of the molecule is CNC(=O)COc1cc2cc(Nc3nc(N4CCCC(I)C4)ncc3Cl)ccc2n(CCC2CC2)c1=O. The zero-order chi connectivity index (χ0) is 25.9. The number of nitrogens with one attached hydrogen (secondary N) is 2. The summed E-state index contributed by atoms with van der Waals surface area (Å²) in [6, 6.07) is 7.48. The molecule has 11 heteroatoms. The maximum absolute atomic E-state index is 13.2. The van der Waals surface area contributed by atoms with Crippen molar-refractivity contribution in [2.24, 2.45) is 5.92 Å². The minimum Gasteiger partial charge on any atom is -0.478 e. The fourth-order valence-corrected chi connectivity index (χ4v) is 5.59. The van der Waals surface area contributed by atoms with Crippen LogP contribution in [0.25, 0.3) is 10.9 Å². The number of hydrogen-bond donors (Lipinski definition) is 2. The van der Waals surface area contributed by atoms with Crippen LogP contribution in [0.4, 0.5) is 17.5 Å². The van der Waals surface area contributed by atoms with Gasteiger partial charge in [0.25, 0.3) is 11.5 Å². The molecular formula is C26H30ClIN6O3. The number of anilines is 3. The van der Waals surface area contributed by atoms with Gasteiger partial charge in [0.05, 0.1) is 11.7 Å². The zero-order valence-corrected chi connectivity index (χ0v) is 23.6. The van der Waals surface area contributed by atoms with Crippen LogP contribution in [0.2, 0.25) is 5.02 Å². The summed E-state index contributed by atoms with van der Waals surface area (Å²) in [6.07, 6.45) is 7.32. The lowest BCUT2D eigenvalue weighted by molar-refractivity contribution is -0.122. The molecule has 1 saturated heterocycles. The van der Waals surface area contributed by atoms with E-state index in [-0.39, 0.29) is 23.8 Å². The first-order valence-corrected chi connectivity index (χ1v) is 14.2. The Bertz CT molecular complexity index is 1360. The molecule has 2 fully saturated rings. The molecule has 0 spiro atoms. The van der Waals surface area contributed by atoms with Gasteiger partial charge in [0.1, 0.15) is 5.02 Å². The van der Waals surface area contributed by atoms with Crippen molar-refractivity contribution < 1.29 is 9.53 Å². The van der Waals surface area contributed by atoms with E-state index < -0.39 is 0 Å². The maximum atomic E-state index is 13.2. The molecule has 2 aliphatic rings. The van der Waals surface area contributed by atoms with E-state index in [2.05, 4.69) is 43.1 Å². The predicted molar refractivity (Wildman–Crippen MR) is 155 cm³/mol. The van der Waals surface area contributed by atoms with Gasteiger partial charge in [0.2, 0.25) is 5.95 Å². The van der Waals surface area contributed by atoms with E-state index in [1.165, 1.54) is 26.3 Å². The molecule has 1 aliphatic carbocycles. The Labute approximate surface area is 234 Å². The van der Waals surface area contributed by atoms with Gasteiger partial charge in [-0.25, -0.2) is 4.98 Å². The first kappa shape index (κ1) is 26.0. The average Bonchev–Trinajstić information content (AvgIpc) is 3.72. The van der Waals surface area contributed by atoms with Gasteiger partial charge in [-0.1, -0.05) is 47.0 Å². The molecule has 3 heterocycles. The summed E-state index contributed by atoms with van der Waals surface area (Å²) in [5.41, 5.74) is 1.37. The van der Waals surface area contributed by atoms with Crippen LogP contribution in [0.15, 0.2) is 35.3 Å². The smallest absolute Gasteiger partial charge is 0.293 e. The number of likely N-dealkylation sites (N-methyl/N-ethyl adjacent to an activating group) is 1. The van der Waals surface area contributed by atoms with Crippen LogP contribution in [0.5, 0.6) is 5.75 Å². The molecule has 0 radical (unpaired) electrons. The summed E-state index contributed by atoms with van der Waals surface area (Å²) in [6.45, 7) is 2.23. The Hall–Kier alpha value is -2.60. The second-order valence-electron chi connectivity index (χ2n) is 9.61. The van der Waals surface area contributed by atoms with E-state index in [9.17, 15) is 9.59 Å². The Morgan fingerprint density at radius 2 is 2.11 bits per heavy atom. The van der Waals surface area contributed by atoms with Gasteiger partial charge in [-0.3, -0.25) is 9.59 Å². The highest BCUT2D eigenvalue weighted by Crippen LogP contribution is 2.33. The van der Waals surface area contributed by atoms with Gasteiger partial charge < -0.3 is 24.8 Å². The van der Waals surface area contributed by atoms with Crippen molar-refractivity contribution in [3.8, 4) is 5.75 Å². The molecule has 2 N–H and O–H groups in total. The lowest BCUT2D eigenvalue weighted by atomic mass is 10.1. The molecule has 3 aromatic rings. The van der Waals surface area contributed by atoms with Gasteiger partial charge in [-0.2, -0.15) is 4.98 Å². The van der Waals surface area contributed by atoms with E-state index in [4.69, 9.17) is 21.3 Å². The molecule has 2 aromatic heterocycles. The highest BCUT2D eigenvalue weighted by molar-refractivity contribution is 14.1. The van der Waals surface area contributed by atoms with Gasteiger partial charge in [0.15, 0.2) is 18.2 Å². The number of aryl methyl sites for hydroxylation is 1. The van der Waals surface area contributed by atoms with E-state index in [1.807, 2.05) is 18.2 Å². The van der Waals surface area contributed by atoms with Gasteiger partial charge in [-0.15, -0.1) is 0 Å². The number of piperidine rings is 1. The normalized spacial score (nSPS) is 17.6. The van der Waals surface area contributed by atoms with Gasteiger partial charge in [-0.05, 0) is 49.4 Å². The van der Waals surface area contributed by atoms with E-state index in [0.29, 0.717) is 33.2 Å². The number of aromatic nitrogens is 3. The number of pyridine rings is 1. The first-order chi connectivity index (χ1) is 17.9. The second-order valence-corrected chi connectivity index (χ2v) is 11.8. The van der Waals surface area contributed by atoms with Crippen LogP contribution in [0, 0.1) is 5.92 Å². The fourth-order valence-electron chi connectivity index (χ4n) is 4.54. The highest BCUT2D eigenvalue weighted by atomic mass is 127. The van der Waals surface area contributed by atoms with E-state index >= 15 is 0 Å². The summed E-state index contributed by atoms with van der Waals surface area (Å²) < 4.78 is 7.94. The zero-order valence-electron chi connectivity index (χ0n) is 20.7. The van der Waals surface area contributed by atoms with Crippen LogP contribution in [0.1, 0.15) is 32.1 Å². The summed E-state index contributed by atoms with van der Waals surface area (Å²) in [7, 11) is 1.53. The summed E-state index contributed by atoms with van der Waals surface area (Å²) in [5, 5.41) is 7.09. The average molecular weight is 637 g/mol. The number of nitrogens with zero attached hydrogens (tertiary/aromatic N) is 4. The van der Waals surface area contributed by atoms with Crippen molar-refractivity contribution in [2.75, 3.05) is 37.0 Å². The molecular weight excluding hydrogens is 607 g/mol. The van der Waals surface area contributed by atoms with Crippen LogP contribution in [0.3, 0.4) is 0 Å². The van der Waals surface area contributed by atoms with Crippen LogP contribution < -0.4 is 25.8 Å². The molecule has 1 unspecified atom stereocenters. The number of fused-ring (bicyclic) bond motifs is 1. The number of halogens is 2. The molecule has 1 atom stereocenters. The number of ether oxygens (including phenoxy) is 1. The summed E-state index contributed by atoms with van der Waals surface area (Å²) in [4.78, 5) is 36.3. The third kappa shape index (κ3) is 6.28. The monoisotopic (exact) mass is 636 g/mol. The molecule has 5 rings (SSSR count). The molecule has 1 amide bonds. The van der Waals surface area contributed by atoms with Crippen molar-refractivity contribution >= 4 is 68.5 Å². The lowest BCUT2D eigenvalue weighted by Crippen LogP contribution is -2.36. The van der Waals surface area contributed by atoms with Crippen molar-refractivity contribution in [3.63, 3.8) is 0 Å². The van der Waals surface area contributed by atoms with E-state index in [1.54, 1.807) is 16.8 Å². The minimum atomic E-state index is -0.295. The number of carbonyl (C=O) groups is 1. The molecule has 1 aromatic carbocycles. The standard InChI is InChI=1S/C26H30ClIN6O3/c1-29-23(35)15-37-22-12-17-11-19(6-7-21(17)34(25(22)36)10-8-16-4-5-16)31-24-20(27)13-30-26(32-24)33-9-2-3-18(28)14-33/h6-7,11-13,16,18H,2-5,8-10,14-15H2,1H3,(H,29,35)(H,30,31,32). The number of amides is 1. The minimum absolute atomic E-state index is 0.157. The van der Waals surface area contributed by atoms with E-state index in [0.717, 1.165) is 42.5 Å². The van der Waals surface area contributed by atoms with Crippen molar-refractivity contribution in [1.29, 1.82) is 0 Å². The second kappa shape index (κ2) is 11.4. The molecule has 1 aliphatic heterocycles. The van der Waals surface area contributed by atoms with Crippen LogP contribution in [-0.4, -0.2) is 51.1 Å². The van der Waals surface area contributed by atoms with Gasteiger partial charge in [0, 0.05) is 41.7 Å². The molecule has 0 bridgehead atoms. The van der Waals surface area contributed by atoms with Crippen LogP contribution >= 0.6 is 34.2 Å². The number of carbonyl (C=O) groups excluding carboxylic acids is 1. The largest absolute Gasteiger partial charge is 0.478 e. The molecule has 1 saturated carbocycles. The topological polar surface area (TPSA) is 101 Å². The summed E-state index contributed by atoms with van der Waals surface area (Å²) >= 11 is 8.93. The Morgan fingerprint density at radius 3 is 2.86 bits per heavy atom. The summed E-state index contributed by atoms with van der Waals surface area (Å²) in [5.74, 6) is 1.73. The maximum Gasteiger partial charge on any atom is 0.293 e. The van der Waals surface area contributed by atoms with Crippen LogP contribution in [-0.2, 0) is 11.3 Å². The third-order valence-electron chi connectivity index (χ3n) is 6.80. The third-order valence-corrected chi connectivity index (χ3v) is 8.09. The Morgan fingerprint density at radius 1 is 1.27 bits per heavy atom. The lowest BCUT2D eigenvalue weighted by Gasteiger charge is -2.30. The quantitative estimate of drug-likeness (QED) is 0.263. The molecule has 196 valence electrons. The first-order valence-electron chi connectivity index (χ1n) is 12.6. The number of alkyl halides is 1. The Balaban J connectivity index is 1.45. The van der Waals surface area contributed by atoms with Crippen molar-refractivity contribution in [1.82, 2.24) is 19.9 Å². The van der Waals surface area contributed by atoms with Gasteiger partial charge >= 0.3 is 0 Å².